The molecule has 1 N–H and O–H groups in total. The average Bonchev–Trinajstić information content (AvgIpc) is 2.30. The van der Waals surface area contributed by atoms with Crippen molar-refractivity contribution in [2.45, 2.75) is 19.8 Å². The number of carbonyl (C=O) groups is 1. The first kappa shape index (κ1) is 8.77. The molecule has 0 bridgehead atoms. The van der Waals surface area contributed by atoms with E-state index in [0.717, 1.165) is 5.69 Å². The average molecular weight is 168 g/mol. The molecule has 0 fully saturated rings. The van der Waals surface area contributed by atoms with Gasteiger partial charge in [-0.1, -0.05) is 13.8 Å². The lowest BCUT2D eigenvalue weighted by Crippen LogP contribution is -2.04. The third-order valence-corrected chi connectivity index (χ3v) is 1.71. The van der Waals surface area contributed by atoms with Crippen LogP contribution in [0.3, 0.4) is 0 Å². The molecule has 0 aliphatic carbocycles. The molecule has 4 heteroatoms. The third kappa shape index (κ3) is 1.47. The Bertz CT molecular complexity index is 302. The van der Waals surface area contributed by atoms with Crippen molar-refractivity contribution >= 4 is 5.97 Å². The normalized spacial score (nSPS) is 10.7. The van der Waals surface area contributed by atoms with E-state index in [4.69, 9.17) is 5.11 Å². The molecule has 0 atom stereocenters. The van der Waals surface area contributed by atoms with Crippen molar-refractivity contribution in [3.05, 3.63) is 17.5 Å². The Morgan fingerprint density at radius 3 is 2.50 bits per heavy atom. The van der Waals surface area contributed by atoms with Crippen LogP contribution in [0.5, 0.6) is 0 Å². The van der Waals surface area contributed by atoms with Gasteiger partial charge in [0.1, 0.15) is 5.69 Å². The molecule has 0 aliphatic rings. The minimum Gasteiger partial charge on any atom is -0.477 e. The van der Waals surface area contributed by atoms with Crippen molar-refractivity contribution in [2.24, 2.45) is 7.05 Å². The number of carboxylic acids is 1. The van der Waals surface area contributed by atoms with Gasteiger partial charge in [-0.25, -0.2) is 4.79 Å². The van der Waals surface area contributed by atoms with Crippen LogP contribution in [-0.4, -0.2) is 20.9 Å². The van der Waals surface area contributed by atoms with Gasteiger partial charge in [0.05, 0.1) is 5.69 Å². The smallest absolute Gasteiger partial charge is 0.354 e. The Kier molecular flexibility index (Phi) is 2.17. The lowest BCUT2D eigenvalue weighted by molar-refractivity contribution is 0.0685. The van der Waals surface area contributed by atoms with E-state index in [1.807, 2.05) is 13.8 Å². The summed E-state index contributed by atoms with van der Waals surface area (Å²) in [5.74, 6) is -0.666. The summed E-state index contributed by atoms with van der Waals surface area (Å²) in [6, 6.07) is 1.60. The quantitative estimate of drug-likeness (QED) is 0.722. The van der Waals surface area contributed by atoms with Gasteiger partial charge in [0.2, 0.25) is 0 Å². The maximum absolute atomic E-state index is 10.6. The van der Waals surface area contributed by atoms with Crippen LogP contribution in [0.15, 0.2) is 6.07 Å². The second-order valence-corrected chi connectivity index (χ2v) is 3.04. The molecule has 1 heterocycles. The number of hydrogen-bond donors (Lipinski definition) is 1. The highest BCUT2D eigenvalue weighted by Gasteiger charge is 2.12. The zero-order valence-corrected chi connectivity index (χ0v) is 7.40. The molecule has 0 aliphatic heterocycles. The molecule has 12 heavy (non-hydrogen) atoms. The molecule has 0 amide bonds. The second kappa shape index (κ2) is 2.97. The van der Waals surface area contributed by atoms with E-state index in [0.29, 0.717) is 0 Å². The summed E-state index contributed by atoms with van der Waals surface area (Å²) in [6.07, 6.45) is 0. The zero-order valence-electron chi connectivity index (χ0n) is 7.40. The van der Waals surface area contributed by atoms with E-state index in [1.54, 1.807) is 13.1 Å². The summed E-state index contributed by atoms with van der Waals surface area (Å²) < 4.78 is 1.39. The molecule has 0 saturated heterocycles. The maximum atomic E-state index is 10.6. The Morgan fingerprint density at radius 2 is 2.25 bits per heavy atom. The maximum Gasteiger partial charge on any atom is 0.354 e. The lowest BCUT2D eigenvalue weighted by atomic mass is 10.1. The van der Waals surface area contributed by atoms with Crippen LogP contribution in [0.25, 0.3) is 0 Å². The van der Waals surface area contributed by atoms with Crippen LogP contribution >= 0.6 is 0 Å². The van der Waals surface area contributed by atoms with Crippen LogP contribution < -0.4 is 0 Å². The number of carboxylic acid groups (broad SMARTS) is 1. The van der Waals surface area contributed by atoms with Gasteiger partial charge in [-0.3, -0.25) is 4.68 Å². The van der Waals surface area contributed by atoms with Gasteiger partial charge in [0, 0.05) is 7.05 Å². The summed E-state index contributed by atoms with van der Waals surface area (Å²) >= 11 is 0. The van der Waals surface area contributed by atoms with Gasteiger partial charge in [-0.15, -0.1) is 0 Å². The Labute approximate surface area is 70.8 Å². The number of nitrogens with zero attached hydrogens (tertiary/aromatic N) is 2. The van der Waals surface area contributed by atoms with E-state index in [2.05, 4.69) is 5.10 Å². The van der Waals surface area contributed by atoms with Crippen molar-refractivity contribution < 1.29 is 9.90 Å². The number of aromatic carboxylic acids is 1. The largest absolute Gasteiger partial charge is 0.477 e. The van der Waals surface area contributed by atoms with Crippen molar-refractivity contribution in [3.8, 4) is 0 Å². The van der Waals surface area contributed by atoms with Crippen molar-refractivity contribution in [2.75, 3.05) is 0 Å². The molecule has 1 aromatic heterocycles. The van der Waals surface area contributed by atoms with E-state index in [9.17, 15) is 4.79 Å². The Balaban J connectivity index is 3.09. The minimum atomic E-state index is -0.933. The molecule has 0 unspecified atom stereocenters. The third-order valence-electron chi connectivity index (χ3n) is 1.71. The van der Waals surface area contributed by atoms with Crippen LogP contribution in [0, 0.1) is 0 Å². The second-order valence-electron chi connectivity index (χ2n) is 3.04. The van der Waals surface area contributed by atoms with Crippen molar-refractivity contribution in [1.82, 2.24) is 9.78 Å². The molecule has 0 radical (unpaired) electrons. The Morgan fingerprint density at radius 1 is 1.67 bits per heavy atom. The zero-order chi connectivity index (χ0) is 9.30. The molecule has 1 rings (SSSR count). The van der Waals surface area contributed by atoms with E-state index in [-0.39, 0.29) is 11.6 Å². The van der Waals surface area contributed by atoms with E-state index in [1.165, 1.54) is 4.68 Å². The summed E-state index contributed by atoms with van der Waals surface area (Å²) in [5, 5.41) is 12.8. The van der Waals surface area contributed by atoms with E-state index < -0.39 is 5.97 Å². The first-order chi connectivity index (χ1) is 5.52. The predicted octanol–water partition coefficient (Wildman–Crippen LogP) is 1.24. The number of aryl methyl sites for hydroxylation is 1. The van der Waals surface area contributed by atoms with Crippen molar-refractivity contribution in [3.63, 3.8) is 0 Å². The first-order valence-electron chi connectivity index (χ1n) is 3.79. The highest BCUT2D eigenvalue weighted by atomic mass is 16.4. The molecule has 0 saturated carbocycles. The van der Waals surface area contributed by atoms with Gasteiger partial charge >= 0.3 is 5.97 Å². The van der Waals surface area contributed by atoms with Gasteiger partial charge < -0.3 is 5.11 Å². The van der Waals surface area contributed by atoms with Gasteiger partial charge in [-0.2, -0.15) is 5.10 Å². The SMILES string of the molecule is CC(C)c1cc(C(=O)O)n(C)n1. The highest BCUT2D eigenvalue weighted by Crippen LogP contribution is 2.13. The van der Waals surface area contributed by atoms with Gasteiger partial charge in [0.25, 0.3) is 0 Å². The lowest BCUT2D eigenvalue weighted by Gasteiger charge is -1.95. The summed E-state index contributed by atoms with van der Waals surface area (Å²) in [7, 11) is 1.63. The predicted molar refractivity (Wildman–Crippen MR) is 44.3 cm³/mol. The fraction of sp³-hybridized carbons (Fsp3) is 0.500. The summed E-state index contributed by atoms with van der Waals surface area (Å²) in [5.41, 5.74) is 1.05. The number of hydrogen-bond acceptors (Lipinski definition) is 2. The molecular weight excluding hydrogens is 156 g/mol. The van der Waals surface area contributed by atoms with Gasteiger partial charge in [0.15, 0.2) is 0 Å². The highest BCUT2D eigenvalue weighted by molar-refractivity contribution is 5.85. The summed E-state index contributed by atoms with van der Waals surface area (Å²) in [6.45, 7) is 3.96. The topological polar surface area (TPSA) is 55.1 Å². The molecular formula is C8H12N2O2. The Hall–Kier alpha value is -1.32. The van der Waals surface area contributed by atoms with Crippen LogP contribution in [0.2, 0.25) is 0 Å². The minimum absolute atomic E-state index is 0.235. The molecule has 0 aromatic carbocycles. The van der Waals surface area contributed by atoms with Crippen molar-refractivity contribution in [1.29, 1.82) is 0 Å². The van der Waals surface area contributed by atoms with Crippen LogP contribution in [-0.2, 0) is 7.05 Å². The molecule has 0 spiro atoms. The van der Waals surface area contributed by atoms with Crippen LogP contribution in [0.1, 0.15) is 35.9 Å². The molecule has 4 nitrogen and oxygen atoms in total. The standard InChI is InChI=1S/C8H12N2O2/c1-5(2)6-4-7(8(11)12)10(3)9-6/h4-5H,1-3H3,(H,11,12). The first-order valence-corrected chi connectivity index (χ1v) is 3.79. The fourth-order valence-electron chi connectivity index (χ4n) is 0.972. The summed E-state index contributed by atoms with van der Waals surface area (Å²) in [4.78, 5) is 10.6. The monoisotopic (exact) mass is 168 g/mol. The number of aromatic nitrogens is 2. The number of rotatable bonds is 2. The van der Waals surface area contributed by atoms with Crippen LogP contribution in [0.4, 0.5) is 0 Å². The van der Waals surface area contributed by atoms with E-state index >= 15 is 0 Å². The molecule has 66 valence electrons. The molecule has 1 aromatic rings. The van der Waals surface area contributed by atoms with Gasteiger partial charge in [-0.05, 0) is 12.0 Å². The fourth-order valence-corrected chi connectivity index (χ4v) is 0.972.